The molecule has 130 valence electrons. The molecule has 0 aliphatic heterocycles. The van der Waals surface area contributed by atoms with Crippen molar-refractivity contribution in [2.24, 2.45) is 0 Å². The fourth-order valence-corrected chi connectivity index (χ4v) is 2.39. The molecule has 3 rings (SSSR count). The van der Waals surface area contributed by atoms with E-state index in [1.165, 1.54) is 0 Å². The highest BCUT2D eigenvalue weighted by molar-refractivity contribution is 5.93. The molecule has 0 saturated carbocycles. The number of benzene rings is 1. The van der Waals surface area contributed by atoms with Crippen LogP contribution in [0, 0.1) is 6.92 Å². The first-order valence-corrected chi connectivity index (χ1v) is 7.91. The molecule has 2 aromatic heterocycles. The number of methoxy groups -OCH3 is 1. The standard InChI is InChI=1S/C17H19N5O3/c1-4-13(16-18-10(2)25-22-16)19-17(23)15-9-14(20-21-15)11-5-7-12(24-3)8-6-11/h5-9,13H,4H2,1-3H3,(H,19,23)(H,20,21). The predicted molar refractivity (Wildman–Crippen MR) is 90.1 cm³/mol. The Bertz CT molecular complexity index is 853. The zero-order valence-corrected chi connectivity index (χ0v) is 14.2. The number of carbonyl (C=O) groups is 1. The molecule has 2 heterocycles. The van der Waals surface area contributed by atoms with Gasteiger partial charge in [0.05, 0.1) is 18.8 Å². The number of aromatic amines is 1. The SMILES string of the molecule is CCC(NC(=O)c1cc(-c2ccc(OC)cc2)n[nH]1)c1noc(C)n1. The first-order valence-electron chi connectivity index (χ1n) is 7.91. The number of ether oxygens (including phenoxy) is 1. The number of carbonyl (C=O) groups excluding carboxylic acids is 1. The van der Waals surface area contributed by atoms with Crippen LogP contribution in [0.15, 0.2) is 34.9 Å². The normalized spacial score (nSPS) is 12.0. The van der Waals surface area contributed by atoms with Crippen LogP contribution in [0.4, 0.5) is 0 Å². The third-order valence-electron chi connectivity index (χ3n) is 3.78. The zero-order valence-electron chi connectivity index (χ0n) is 14.2. The molecular weight excluding hydrogens is 322 g/mol. The molecule has 2 N–H and O–H groups in total. The lowest BCUT2D eigenvalue weighted by Crippen LogP contribution is -2.29. The van der Waals surface area contributed by atoms with Crippen LogP contribution in [0.5, 0.6) is 5.75 Å². The summed E-state index contributed by atoms with van der Waals surface area (Å²) in [5, 5.41) is 13.7. The summed E-state index contributed by atoms with van der Waals surface area (Å²) >= 11 is 0. The van der Waals surface area contributed by atoms with Crippen LogP contribution >= 0.6 is 0 Å². The topological polar surface area (TPSA) is 106 Å². The van der Waals surface area contributed by atoms with Gasteiger partial charge in [-0.1, -0.05) is 12.1 Å². The van der Waals surface area contributed by atoms with E-state index >= 15 is 0 Å². The van der Waals surface area contributed by atoms with Gasteiger partial charge in [-0.05, 0) is 36.8 Å². The van der Waals surface area contributed by atoms with Crippen LogP contribution in [0.2, 0.25) is 0 Å². The Morgan fingerprint density at radius 1 is 1.36 bits per heavy atom. The summed E-state index contributed by atoms with van der Waals surface area (Å²) in [4.78, 5) is 16.6. The number of H-pyrrole nitrogens is 1. The van der Waals surface area contributed by atoms with Crippen molar-refractivity contribution in [3.8, 4) is 17.0 Å². The fraction of sp³-hybridized carbons (Fsp3) is 0.294. The molecule has 8 heteroatoms. The molecular formula is C17H19N5O3. The van der Waals surface area contributed by atoms with Gasteiger partial charge in [0.2, 0.25) is 5.89 Å². The minimum Gasteiger partial charge on any atom is -0.497 e. The predicted octanol–water partition coefficient (Wildman–Crippen LogP) is 2.66. The summed E-state index contributed by atoms with van der Waals surface area (Å²) in [6.07, 6.45) is 0.643. The van der Waals surface area contributed by atoms with Gasteiger partial charge in [-0.15, -0.1) is 0 Å². The second kappa shape index (κ2) is 7.16. The van der Waals surface area contributed by atoms with Gasteiger partial charge in [-0.3, -0.25) is 9.89 Å². The summed E-state index contributed by atoms with van der Waals surface area (Å²) in [6.45, 7) is 3.65. The number of hydrogen-bond acceptors (Lipinski definition) is 6. The molecule has 0 aliphatic rings. The molecule has 1 unspecified atom stereocenters. The van der Waals surface area contributed by atoms with Crippen molar-refractivity contribution in [3.63, 3.8) is 0 Å². The van der Waals surface area contributed by atoms with Gasteiger partial charge < -0.3 is 14.6 Å². The maximum atomic E-state index is 12.5. The lowest BCUT2D eigenvalue weighted by atomic mass is 10.1. The summed E-state index contributed by atoms with van der Waals surface area (Å²) in [7, 11) is 1.61. The summed E-state index contributed by atoms with van der Waals surface area (Å²) in [5.41, 5.74) is 1.93. The van der Waals surface area contributed by atoms with E-state index in [1.54, 1.807) is 20.1 Å². The van der Waals surface area contributed by atoms with Crippen LogP contribution < -0.4 is 10.1 Å². The summed E-state index contributed by atoms with van der Waals surface area (Å²) in [5.74, 6) is 1.41. The van der Waals surface area contributed by atoms with E-state index in [1.807, 2.05) is 31.2 Å². The van der Waals surface area contributed by atoms with E-state index in [-0.39, 0.29) is 11.9 Å². The van der Waals surface area contributed by atoms with Crippen LogP contribution in [0.1, 0.15) is 41.6 Å². The molecule has 25 heavy (non-hydrogen) atoms. The zero-order chi connectivity index (χ0) is 17.8. The minimum absolute atomic E-state index is 0.276. The smallest absolute Gasteiger partial charge is 0.269 e. The average Bonchev–Trinajstić information content (AvgIpc) is 3.29. The van der Waals surface area contributed by atoms with Crippen molar-refractivity contribution >= 4 is 5.91 Å². The number of rotatable bonds is 6. The Hall–Kier alpha value is -3.16. The molecule has 8 nitrogen and oxygen atoms in total. The number of nitrogens with one attached hydrogen (secondary N) is 2. The number of nitrogens with zero attached hydrogens (tertiary/aromatic N) is 3. The molecule has 0 spiro atoms. The molecule has 0 radical (unpaired) electrons. The van der Waals surface area contributed by atoms with Crippen molar-refractivity contribution in [2.75, 3.05) is 7.11 Å². The molecule has 0 bridgehead atoms. The van der Waals surface area contributed by atoms with Gasteiger partial charge >= 0.3 is 0 Å². The minimum atomic E-state index is -0.322. The monoisotopic (exact) mass is 341 g/mol. The lowest BCUT2D eigenvalue weighted by molar-refractivity contribution is 0.0928. The average molecular weight is 341 g/mol. The highest BCUT2D eigenvalue weighted by Gasteiger charge is 2.20. The van der Waals surface area contributed by atoms with Crippen LogP contribution in [-0.2, 0) is 0 Å². The number of aromatic nitrogens is 4. The van der Waals surface area contributed by atoms with Crippen molar-refractivity contribution in [2.45, 2.75) is 26.3 Å². The quantitative estimate of drug-likeness (QED) is 0.714. The molecule has 1 aromatic carbocycles. The highest BCUT2D eigenvalue weighted by atomic mass is 16.5. The first kappa shape index (κ1) is 16.7. The fourth-order valence-electron chi connectivity index (χ4n) is 2.39. The first-order chi connectivity index (χ1) is 12.1. The van der Waals surface area contributed by atoms with E-state index in [2.05, 4.69) is 25.7 Å². The second-order valence-corrected chi connectivity index (χ2v) is 5.50. The molecule has 0 fully saturated rings. The van der Waals surface area contributed by atoms with Crippen LogP contribution in [0.3, 0.4) is 0 Å². The van der Waals surface area contributed by atoms with Crippen LogP contribution in [0.25, 0.3) is 11.3 Å². The number of amides is 1. The van der Waals surface area contributed by atoms with E-state index in [0.717, 1.165) is 11.3 Å². The maximum Gasteiger partial charge on any atom is 0.269 e. The van der Waals surface area contributed by atoms with E-state index in [4.69, 9.17) is 9.26 Å². The largest absolute Gasteiger partial charge is 0.497 e. The Morgan fingerprint density at radius 3 is 2.72 bits per heavy atom. The van der Waals surface area contributed by atoms with E-state index in [9.17, 15) is 4.79 Å². The maximum absolute atomic E-state index is 12.5. The van der Waals surface area contributed by atoms with Crippen LogP contribution in [-0.4, -0.2) is 33.4 Å². The van der Waals surface area contributed by atoms with Gasteiger partial charge in [-0.25, -0.2) is 0 Å². The van der Waals surface area contributed by atoms with Gasteiger partial charge in [0.1, 0.15) is 11.4 Å². The Kier molecular flexibility index (Phi) is 4.78. The summed E-state index contributed by atoms with van der Waals surface area (Å²) in [6, 6.07) is 8.83. The van der Waals surface area contributed by atoms with Crippen molar-refractivity contribution in [1.29, 1.82) is 0 Å². The Morgan fingerprint density at radius 2 is 2.12 bits per heavy atom. The summed E-state index contributed by atoms with van der Waals surface area (Å²) < 4.78 is 10.1. The van der Waals surface area contributed by atoms with Gasteiger partial charge in [0.15, 0.2) is 5.82 Å². The van der Waals surface area contributed by atoms with E-state index < -0.39 is 0 Å². The lowest BCUT2D eigenvalue weighted by Gasteiger charge is -2.11. The Balaban J connectivity index is 1.73. The number of hydrogen-bond donors (Lipinski definition) is 2. The van der Waals surface area contributed by atoms with Crippen molar-refractivity contribution in [3.05, 3.63) is 47.7 Å². The van der Waals surface area contributed by atoms with Gasteiger partial charge in [0.25, 0.3) is 5.91 Å². The third-order valence-corrected chi connectivity index (χ3v) is 3.78. The van der Waals surface area contributed by atoms with Gasteiger partial charge in [0, 0.05) is 12.5 Å². The van der Waals surface area contributed by atoms with Crippen molar-refractivity contribution in [1.82, 2.24) is 25.7 Å². The van der Waals surface area contributed by atoms with Gasteiger partial charge in [-0.2, -0.15) is 10.1 Å². The third kappa shape index (κ3) is 3.68. The molecule has 0 aliphatic carbocycles. The molecule has 1 atom stereocenters. The number of aryl methyl sites for hydroxylation is 1. The Labute approximate surface area is 144 Å². The molecule has 1 amide bonds. The second-order valence-electron chi connectivity index (χ2n) is 5.50. The molecule has 3 aromatic rings. The highest BCUT2D eigenvalue weighted by Crippen LogP contribution is 2.21. The van der Waals surface area contributed by atoms with Crippen molar-refractivity contribution < 1.29 is 14.1 Å². The molecule has 0 saturated heterocycles. The van der Waals surface area contributed by atoms with E-state index in [0.29, 0.717) is 29.5 Å².